The molecule has 1 rings (SSSR count). The van der Waals surface area contributed by atoms with E-state index < -0.39 is 11.9 Å². The third kappa shape index (κ3) is 2.62. The molecular formula is C11H15FO4. The summed E-state index contributed by atoms with van der Waals surface area (Å²) < 4.78 is 28.3. The minimum absolute atomic E-state index is 0.0452. The molecule has 0 aliphatic carbocycles. The summed E-state index contributed by atoms with van der Waals surface area (Å²) in [4.78, 5) is 0. The fourth-order valence-corrected chi connectivity index (χ4v) is 1.39. The normalized spacial score (nSPS) is 12.3. The highest BCUT2D eigenvalue weighted by molar-refractivity contribution is 5.47. The van der Waals surface area contributed by atoms with Crippen molar-refractivity contribution in [1.82, 2.24) is 0 Å². The summed E-state index contributed by atoms with van der Waals surface area (Å²) >= 11 is 0. The molecule has 1 aromatic carbocycles. The monoisotopic (exact) mass is 230 g/mol. The van der Waals surface area contributed by atoms with Crippen LogP contribution in [0.1, 0.15) is 18.6 Å². The van der Waals surface area contributed by atoms with Gasteiger partial charge in [-0.25, -0.2) is 4.39 Å². The van der Waals surface area contributed by atoms with Gasteiger partial charge >= 0.3 is 0 Å². The molecular weight excluding hydrogens is 215 g/mol. The number of rotatable bonds is 5. The fraction of sp³-hybridized carbons (Fsp3) is 0.455. The lowest BCUT2D eigenvalue weighted by Crippen LogP contribution is -2.07. The molecule has 0 aromatic heterocycles. The summed E-state index contributed by atoms with van der Waals surface area (Å²) in [6, 6.07) is 2.66. The third-order valence-corrected chi connectivity index (χ3v) is 2.07. The van der Waals surface area contributed by atoms with Crippen molar-refractivity contribution < 1.29 is 23.7 Å². The zero-order valence-electron chi connectivity index (χ0n) is 9.49. The van der Waals surface area contributed by atoms with E-state index in [1.54, 1.807) is 0 Å². The van der Waals surface area contributed by atoms with E-state index in [1.807, 2.05) is 0 Å². The minimum atomic E-state index is -0.891. The van der Waals surface area contributed by atoms with E-state index in [9.17, 15) is 9.50 Å². The standard InChI is InChI=1S/C11H15FO4/c1-7(13)10-9(15-3)5-4-8(12)11(10)16-6-14-2/h4-5,7,13H,6H2,1-3H3. The van der Waals surface area contributed by atoms with Gasteiger partial charge in [0.25, 0.3) is 0 Å². The first-order valence-corrected chi connectivity index (χ1v) is 4.78. The van der Waals surface area contributed by atoms with Crippen molar-refractivity contribution in [2.24, 2.45) is 0 Å². The molecule has 0 aliphatic heterocycles. The molecule has 0 amide bonds. The molecule has 0 heterocycles. The van der Waals surface area contributed by atoms with E-state index in [-0.39, 0.29) is 18.1 Å². The number of aliphatic hydroxyl groups is 1. The van der Waals surface area contributed by atoms with Crippen molar-refractivity contribution in [3.05, 3.63) is 23.5 Å². The molecule has 1 unspecified atom stereocenters. The highest BCUT2D eigenvalue weighted by Crippen LogP contribution is 2.36. The summed E-state index contributed by atoms with van der Waals surface area (Å²) in [5.74, 6) is -0.229. The topological polar surface area (TPSA) is 47.9 Å². The van der Waals surface area contributed by atoms with Gasteiger partial charge in [-0.15, -0.1) is 0 Å². The number of benzene rings is 1. The van der Waals surface area contributed by atoms with Gasteiger partial charge in [0.1, 0.15) is 5.75 Å². The van der Waals surface area contributed by atoms with Crippen molar-refractivity contribution in [3.8, 4) is 11.5 Å². The summed E-state index contributed by atoms with van der Waals surface area (Å²) in [6.07, 6.45) is -0.891. The third-order valence-electron chi connectivity index (χ3n) is 2.07. The maximum absolute atomic E-state index is 13.5. The zero-order chi connectivity index (χ0) is 12.1. The van der Waals surface area contributed by atoms with E-state index in [2.05, 4.69) is 0 Å². The predicted molar refractivity (Wildman–Crippen MR) is 56.1 cm³/mol. The van der Waals surface area contributed by atoms with E-state index in [4.69, 9.17) is 14.2 Å². The summed E-state index contributed by atoms with van der Waals surface area (Å²) in [5.41, 5.74) is 0.277. The zero-order valence-corrected chi connectivity index (χ0v) is 9.49. The highest BCUT2D eigenvalue weighted by atomic mass is 19.1. The predicted octanol–water partition coefficient (Wildman–Crippen LogP) is 1.87. The van der Waals surface area contributed by atoms with Crippen LogP contribution in [0.3, 0.4) is 0 Å². The first-order chi connectivity index (χ1) is 7.61. The van der Waals surface area contributed by atoms with E-state index in [0.29, 0.717) is 5.75 Å². The van der Waals surface area contributed by atoms with Crippen LogP contribution in [0.4, 0.5) is 4.39 Å². The number of ether oxygens (including phenoxy) is 3. The average molecular weight is 230 g/mol. The molecule has 0 spiro atoms. The van der Waals surface area contributed by atoms with Gasteiger partial charge in [-0.2, -0.15) is 0 Å². The Morgan fingerprint density at radius 2 is 2.06 bits per heavy atom. The molecule has 0 aliphatic rings. The van der Waals surface area contributed by atoms with Crippen LogP contribution in [0.25, 0.3) is 0 Å². The van der Waals surface area contributed by atoms with Crippen LogP contribution in [-0.2, 0) is 4.74 Å². The lowest BCUT2D eigenvalue weighted by molar-refractivity contribution is 0.0450. The lowest BCUT2D eigenvalue weighted by Gasteiger charge is -2.16. The fourth-order valence-electron chi connectivity index (χ4n) is 1.39. The van der Waals surface area contributed by atoms with Gasteiger partial charge in [-0.1, -0.05) is 0 Å². The van der Waals surface area contributed by atoms with Gasteiger partial charge in [-0.05, 0) is 19.1 Å². The summed E-state index contributed by atoms with van der Waals surface area (Å²) in [6.45, 7) is 1.42. The van der Waals surface area contributed by atoms with E-state index in [1.165, 1.54) is 33.3 Å². The molecule has 0 saturated carbocycles. The number of hydrogen-bond donors (Lipinski definition) is 1. The average Bonchev–Trinajstić information content (AvgIpc) is 2.26. The Morgan fingerprint density at radius 1 is 1.38 bits per heavy atom. The quantitative estimate of drug-likeness (QED) is 0.784. The van der Waals surface area contributed by atoms with Crippen molar-refractivity contribution >= 4 is 0 Å². The van der Waals surface area contributed by atoms with Crippen LogP contribution < -0.4 is 9.47 Å². The van der Waals surface area contributed by atoms with Crippen LogP contribution in [0.2, 0.25) is 0 Å². The molecule has 1 atom stereocenters. The first kappa shape index (κ1) is 12.7. The lowest BCUT2D eigenvalue weighted by atomic mass is 10.1. The second-order valence-corrected chi connectivity index (χ2v) is 3.22. The molecule has 1 aromatic rings. The number of methoxy groups -OCH3 is 2. The smallest absolute Gasteiger partial charge is 0.188 e. The van der Waals surface area contributed by atoms with Crippen molar-refractivity contribution in [2.75, 3.05) is 21.0 Å². The van der Waals surface area contributed by atoms with Gasteiger partial charge in [0.05, 0.1) is 18.8 Å². The van der Waals surface area contributed by atoms with Gasteiger partial charge in [0, 0.05) is 7.11 Å². The second-order valence-electron chi connectivity index (χ2n) is 3.22. The second kappa shape index (κ2) is 5.67. The van der Waals surface area contributed by atoms with Crippen molar-refractivity contribution in [1.29, 1.82) is 0 Å². The van der Waals surface area contributed by atoms with Gasteiger partial charge in [0.2, 0.25) is 0 Å². The van der Waals surface area contributed by atoms with Gasteiger partial charge in [-0.3, -0.25) is 0 Å². The summed E-state index contributed by atoms with van der Waals surface area (Å²) in [5, 5.41) is 9.57. The Morgan fingerprint density at radius 3 is 2.56 bits per heavy atom. The van der Waals surface area contributed by atoms with Crippen LogP contribution in [-0.4, -0.2) is 26.1 Å². The minimum Gasteiger partial charge on any atom is -0.496 e. The Balaban J connectivity index is 3.19. The van der Waals surface area contributed by atoms with E-state index >= 15 is 0 Å². The Hall–Kier alpha value is -1.33. The maximum atomic E-state index is 13.5. The molecule has 90 valence electrons. The molecule has 1 N–H and O–H groups in total. The molecule has 0 bridgehead atoms. The highest BCUT2D eigenvalue weighted by Gasteiger charge is 2.19. The largest absolute Gasteiger partial charge is 0.496 e. The van der Waals surface area contributed by atoms with Crippen molar-refractivity contribution in [3.63, 3.8) is 0 Å². The van der Waals surface area contributed by atoms with Crippen LogP contribution in [0.15, 0.2) is 12.1 Å². The van der Waals surface area contributed by atoms with Crippen LogP contribution in [0, 0.1) is 5.82 Å². The van der Waals surface area contributed by atoms with Crippen molar-refractivity contribution in [2.45, 2.75) is 13.0 Å². The maximum Gasteiger partial charge on any atom is 0.188 e. The number of aliphatic hydroxyl groups excluding tert-OH is 1. The SMILES string of the molecule is COCOc1c(F)ccc(OC)c1C(C)O. The van der Waals surface area contributed by atoms with Gasteiger partial charge < -0.3 is 19.3 Å². The molecule has 5 heteroatoms. The van der Waals surface area contributed by atoms with Crippen LogP contribution in [0.5, 0.6) is 11.5 Å². The van der Waals surface area contributed by atoms with Crippen LogP contribution >= 0.6 is 0 Å². The number of hydrogen-bond acceptors (Lipinski definition) is 4. The summed E-state index contributed by atoms with van der Waals surface area (Å²) in [7, 11) is 2.87. The Labute approximate surface area is 93.6 Å². The first-order valence-electron chi connectivity index (χ1n) is 4.78. The number of halogens is 1. The molecule has 0 saturated heterocycles. The Bertz CT molecular complexity index is 352. The molecule has 0 radical (unpaired) electrons. The molecule has 16 heavy (non-hydrogen) atoms. The Kier molecular flexibility index (Phi) is 4.52. The molecule has 0 fully saturated rings. The van der Waals surface area contributed by atoms with Gasteiger partial charge in [0.15, 0.2) is 18.4 Å². The van der Waals surface area contributed by atoms with E-state index in [0.717, 1.165) is 0 Å². The molecule has 4 nitrogen and oxygen atoms in total.